The number of amides is 1. The smallest absolute Gasteiger partial charge is 0.263 e. The van der Waals surface area contributed by atoms with Crippen LogP contribution in [0, 0.1) is 12.8 Å². The van der Waals surface area contributed by atoms with Crippen LogP contribution in [0.1, 0.15) is 60.4 Å². The molecule has 1 aromatic rings. The molecule has 0 aliphatic rings. The normalized spacial score (nSPS) is 12.7. The minimum absolute atomic E-state index is 0.0159. The van der Waals surface area contributed by atoms with Crippen LogP contribution in [-0.2, 0) is 6.42 Å². The number of carbonyl (C=O) groups excluding carboxylic acids is 1. The highest BCUT2D eigenvalue weighted by atomic mass is 32.1. The summed E-state index contributed by atoms with van der Waals surface area (Å²) in [6.45, 7) is 8.86. The largest absolute Gasteiger partial charge is 0.347 e. The van der Waals surface area contributed by atoms with Crippen LogP contribution in [0.2, 0.25) is 0 Å². The molecule has 20 heavy (non-hydrogen) atoms. The van der Waals surface area contributed by atoms with Gasteiger partial charge < -0.3 is 11.1 Å². The Morgan fingerprint density at radius 1 is 1.45 bits per heavy atom. The first-order valence-corrected chi connectivity index (χ1v) is 8.26. The van der Waals surface area contributed by atoms with Crippen LogP contribution in [0.15, 0.2) is 0 Å². The number of carbonyl (C=O) groups is 1. The summed E-state index contributed by atoms with van der Waals surface area (Å²) in [6.07, 6.45) is 3.98. The molecule has 0 saturated carbocycles. The summed E-state index contributed by atoms with van der Waals surface area (Å²) in [5.41, 5.74) is 6.66. The summed E-state index contributed by atoms with van der Waals surface area (Å²) in [6, 6.07) is 0.0664. The van der Waals surface area contributed by atoms with Crippen LogP contribution in [0.5, 0.6) is 0 Å². The van der Waals surface area contributed by atoms with E-state index in [4.69, 9.17) is 5.73 Å². The fourth-order valence-corrected chi connectivity index (χ4v) is 2.97. The molecule has 0 aliphatic carbocycles. The molecule has 4 nitrogen and oxygen atoms in total. The molecule has 0 aliphatic heterocycles. The Kier molecular flexibility index (Phi) is 7.16. The summed E-state index contributed by atoms with van der Waals surface area (Å²) < 4.78 is 0. The molecule has 0 bridgehead atoms. The monoisotopic (exact) mass is 297 g/mol. The van der Waals surface area contributed by atoms with Gasteiger partial charge in [0, 0.05) is 12.6 Å². The van der Waals surface area contributed by atoms with Gasteiger partial charge in [0.1, 0.15) is 4.88 Å². The number of nitrogens with one attached hydrogen (secondary N) is 1. The molecule has 1 unspecified atom stereocenters. The van der Waals surface area contributed by atoms with E-state index in [-0.39, 0.29) is 11.9 Å². The zero-order chi connectivity index (χ0) is 15.1. The van der Waals surface area contributed by atoms with E-state index in [9.17, 15) is 4.79 Å². The van der Waals surface area contributed by atoms with Gasteiger partial charge >= 0.3 is 0 Å². The highest BCUT2D eigenvalue weighted by Gasteiger charge is 2.19. The average molecular weight is 297 g/mol. The van der Waals surface area contributed by atoms with Crippen LogP contribution in [0.4, 0.5) is 0 Å². The summed E-state index contributed by atoms with van der Waals surface area (Å²) >= 11 is 1.48. The van der Waals surface area contributed by atoms with Crippen molar-refractivity contribution in [2.45, 2.75) is 59.4 Å². The van der Waals surface area contributed by atoms with Crippen molar-refractivity contribution >= 4 is 17.2 Å². The van der Waals surface area contributed by atoms with Crippen molar-refractivity contribution in [1.29, 1.82) is 0 Å². The zero-order valence-corrected chi connectivity index (χ0v) is 13.8. The number of aryl methyl sites for hydroxylation is 1. The number of hydrogen-bond acceptors (Lipinski definition) is 4. The van der Waals surface area contributed by atoms with Gasteiger partial charge in [0.25, 0.3) is 5.91 Å². The van der Waals surface area contributed by atoms with E-state index < -0.39 is 0 Å². The van der Waals surface area contributed by atoms with E-state index in [0.717, 1.165) is 41.3 Å². The van der Waals surface area contributed by atoms with E-state index >= 15 is 0 Å². The molecule has 1 amide bonds. The second-order valence-electron chi connectivity index (χ2n) is 5.65. The minimum atomic E-state index is -0.0159. The lowest BCUT2D eigenvalue weighted by molar-refractivity contribution is 0.0938. The average Bonchev–Trinajstić information content (AvgIpc) is 2.74. The SMILES string of the molecule is CCCCC(CN)NC(=O)c1sc(C)nc1CC(C)C. The number of nitrogens with two attached hydrogens (primary N) is 1. The first kappa shape index (κ1) is 17.1. The van der Waals surface area contributed by atoms with E-state index in [0.29, 0.717) is 12.5 Å². The van der Waals surface area contributed by atoms with E-state index in [1.165, 1.54) is 11.3 Å². The fourth-order valence-electron chi connectivity index (χ4n) is 2.12. The Balaban J connectivity index is 2.75. The number of rotatable bonds is 8. The number of unbranched alkanes of at least 4 members (excludes halogenated alkanes) is 1. The van der Waals surface area contributed by atoms with Crippen LogP contribution >= 0.6 is 11.3 Å². The predicted octanol–water partition coefficient (Wildman–Crippen LogP) is 2.90. The zero-order valence-electron chi connectivity index (χ0n) is 13.0. The summed E-state index contributed by atoms with van der Waals surface area (Å²) in [5.74, 6) is 0.478. The lowest BCUT2D eigenvalue weighted by Crippen LogP contribution is -2.40. The molecule has 0 aromatic carbocycles. The van der Waals surface area contributed by atoms with Gasteiger partial charge in [0.05, 0.1) is 10.7 Å². The van der Waals surface area contributed by atoms with E-state index in [1.54, 1.807) is 0 Å². The molecular formula is C15H27N3OS. The van der Waals surface area contributed by atoms with Crippen molar-refractivity contribution in [3.63, 3.8) is 0 Å². The number of hydrogen-bond donors (Lipinski definition) is 2. The van der Waals surface area contributed by atoms with Gasteiger partial charge in [-0.15, -0.1) is 11.3 Å². The molecule has 1 heterocycles. The molecule has 1 aromatic heterocycles. The van der Waals surface area contributed by atoms with Crippen molar-refractivity contribution in [1.82, 2.24) is 10.3 Å². The van der Waals surface area contributed by atoms with E-state index in [1.807, 2.05) is 6.92 Å². The third kappa shape index (κ3) is 5.21. The molecule has 3 N–H and O–H groups in total. The number of thiazole rings is 1. The van der Waals surface area contributed by atoms with E-state index in [2.05, 4.69) is 31.1 Å². The second-order valence-corrected chi connectivity index (χ2v) is 6.86. The fraction of sp³-hybridized carbons (Fsp3) is 0.733. The van der Waals surface area contributed by atoms with Crippen LogP contribution in [-0.4, -0.2) is 23.5 Å². The number of nitrogens with zero attached hydrogens (tertiary/aromatic N) is 1. The molecule has 5 heteroatoms. The molecule has 1 atom stereocenters. The van der Waals surface area contributed by atoms with Crippen LogP contribution in [0.3, 0.4) is 0 Å². The maximum Gasteiger partial charge on any atom is 0.263 e. The van der Waals surface area contributed by atoms with Crippen molar-refractivity contribution < 1.29 is 4.79 Å². The maximum atomic E-state index is 12.4. The van der Waals surface area contributed by atoms with Gasteiger partial charge in [0.15, 0.2) is 0 Å². The summed E-state index contributed by atoms with van der Waals surface area (Å²) in [4.78, 5) is 17.6. The third-order valence-corrected chi connectivity index (χ3v) is 4.15. The first-order valence-electron chi connectivity index (χ1n) is 7.45. The second kappa shape index (κ2) is 8.37. The third-order valence-electron chi connectivity index (χ3n) is 3.14. The van der Waals surface area contributed by atoms with Crippen LogP contribution < -0.4 is 11.1 Å². The Hall–Kier alpha value is -0.940. The molecular weight excluding hydrogens is 270 g/mol. The van der Waals surface area contributed by atoms with Crippen molar-refractivity contribution in [2.75, 3.05) is 6.54 Å². The van der Waals surface area contributed by atoms with Gasteiger partial charge in [-0.1, -0.05) is 33.6 Å². The molecule has 0 spiro atoms. The molecule has 1 rings (SSSR count). The Morgan fingerprint density at radius 3 is 2.70 bits per heavy atom. The minimum Gasteiger partial charge on any atom is -0.347 e. The standard InChI is InChI=1S/C15H27N3OS/c1-5-6-7-12(9-16)18-15(19)14-13(8-10(2)3)17-11(4)20-14/h10,12H,5-9,16H2,1-4H3,(H,18,19). The van der Waals surface area contributed by atoms with Gasteiger partial charge in [-0.05, 0) is 25.7 Å². The Morgan fingerprint density at radius 2 is 2.15 bits per heavy atom. The summed E-state index contributed by atoms with van der Waals surface area (Å²) in [7, 11) is 0. The molecule has 0 saturated heterocycles. The topological polar surface area (TPSA) is 68.0 Å². The highest BCUT2D eigenvalue weighted by molar-refractivity contribution is 7.13. The van der Waals surface area contributed by atoms with Gasteiger partial charge in [-0.25, -0.2) is 4.98 Å². The lowest BCUT2D eigenvalue weighted by Gasteiger charge is -2.16. The van der Waals surface area contributed by atoms with Gasteiger partial charge in [-0.2, -0.15) is 0 Å². The molecule has 0 fully saturated rings. The maximum absolute atomic E-state index is 12.4. The summed E-state index contributed by atoms with van der Waals surface area (Å²) in [5, 5.41) is 4.00. The highest BCUT2D eigenvalue weighted by Crippen LogP contribution is 2.21. The van der Waals surface area contributed by atoms with Crippen LogP contribution in [0.25, 0.3) is 0 Å². The van der Waals surface area contributed by atoms with Crippen molar-refractivity contribution in [3.8, 4) is 0 Å². The Bertz CT molecular complexity index is 429. The van der Waals surface area contributed by atoms with Gasteiger partial charge in [0.2, 0.25) is 0 Å². The quantitative estimate of drug-likeness (QED) is 0.775. The molecule has 0 radical (unpaired) electrons. The predicted molar refractivity (Wildman–Crippen MR) is 85.2 cm³/mol. The Labute approximate surface area is 126 Å². The van der Waals surface area contributed by atoms with Crippen molar-refractivity contribution in [3.05, 3.63) is 15.6 Å². The van der Waals surface area contributed by atoms with Crippen molar-refractivity contribution in [2.24, 2.45) is 11.7 Å². The van der Waals surface area contributed by atoms with Gasteiger partial charge in [-0.3, -0.25) is 4.79 Å². The first-order chi connectivity index (χ1) is 9.47. The lowest BCUT2D eigenvalue weighted by atomic mass is 10.1. The number of aromatic nitrogens is 1. The molecule has 114 valence electrons.